The summed E-state index contributed by atoms with van der Waals surface area (Å²) in [6.45, 7) is 5.07. The average Bonchev–Trinajstić information content (AvgIpc) is 2.33. The zero-order chi connectivity index (χ0) is 13.7. The number of aliphatic hydroxyl groups excluding tert-OH is 1. The number of aliphatic hydroxyl groups is 1. The minimum absolute atomic E-state index is 0. The second-order valence-electron chi connectivity index (χ2n) is 6.58. The molecular weight excluding hydrogens is 395 g/mol. The summed E-state index contributed by atoms with van der Waals surface area (Å²) in [4.78, 5) is 0. The van der Waals surface area contributed by atoms with E-state index in [1.54, 1.807) is 0 Å². The number of rotatable bonds is 7. The van der Waals surface area contributed by atoms with Crippen molar-refractivity contribution in [3.05, 3.63) is 6.42 Å². The van der Waals surface area contributed by atoms with Gasteiger partial charge in [-0.2, -0.15) is 0 Å². The zero-order valence-corrected chi connectivity index (χ0v) is 15.1. The van der Waals surface area contributed by atoms with E-state index in [0.29, 0.717) is 6.04 Å². The molecule has 0 aromatic carbocycles. The molecule has 0 radical (unpaired) electrons. The molecule has 1 saturated heterocycles. The zero-order valence-electron chi connectivity index (χ0n) is 12.8. The van der Waals surface area contributed by atoms with E-state index in [4.69, 9.17) is 4.74 Å². The largest absolute Gasteiger partial charge is 0.441 e. The van der Waals surface area contributed by atoms with Gasteiger partial charge in [0.25, 0.3) is 0 Å². The molecule has 0 aromatic heterocycles. The van der Waals surface area contributed by atoms with Crippen molar-refractivity contribution < 1.29 is 49.8 Å². The molecule has 4 heteroatoms. The Kier molecular flexibility index (Phi) is 9.69. The summed E-state index contributed by atoms with van der Waals surface area (Å²) in [5.74, 6) is 0.797. The first kappa shape index (κ1) is 19.3. The van der Waals surface area contributed by atoms with E-state index in [2.05, 4.69) is 25.6 Å². The molecule has 3 atom stereocenters. The third-order valence-electron chi connectivity index (χ3n) is 4.47. The molecule has 1 aliphatic carbocycles. The topological polar surface area (TPSA) is 41.5 Å². The molecular formula is C16H30GdNO2-. The van der Waals surface area contributed by atoms with Gasteiger partial charge in [0, 0.05) is 52.0 Å². The molecule has 1 saturated carbocycles. The first-order valence-corrected chi connectivity index (χ1v) is 8.04. The number of ether oxygens (including phenoxy) is 1. The van der Waals surface area contributed by atoms with Gasteiger partial charge in [0.2, 0.25) is 0 Å². The van der Waals surface area contributed by atoms with Crippen molar-refractivity contribution in [2.45, 2.75) is 83.1 Å². The number of hydrogen-bond acceptors (Lipinski definition) is 3. The van der Waals surface area contributed by atoms with Crippen LogP contribution in [-0.2, 0) is 4.74 Å². The van der Waals surface area contributed by atoms with Gasteiger partial charge in [-0.25, -0.2) is 0 Å². The molecule has 1 aliphatic heterocycles. The van der Waals surface area contributed by atoms with Crippen LogP contribution in [0.1, 0.15) is 58.8 Å². The van der Waals surface area contributed by atoms with Gasteiger partial charge in [0.1, 0.15) is 0 Å². The van der Waals surface area contributed by atoms with Crippen LogP contribution in [0.4, 0.5) is 0 Å². The van der Waals surface area contributed by atoms with E-state index in [0.717, 1.165) is 25.4 Å². The minimum atomic E-state index is -0.286. The summed E-state index contributed by atoms with van der Waals surface area (Å²) < 4.78 is 5.40. The molecule has 2 rings (SSSR count). The molecule has 0 aromatic rings. The van der Waals surface area contributed by atoms with Gasteiger partial charge >= 0.3 is 0 Å². The van der Waals surface area contributed by atoms with Gasteiger partial charge in [-0.3, -0.25) is 6.42 Å². The van der Waals surface area contributed by atoms with E-state index in [9.17, 15) is 5.11 Å². The summed E-state index contributed by atoms with van der Waals surface area (Å²) in [6, 6.07) is 0.648. The van der Waals surface area contributed by atoms with E-state index in [-0.39, 0.29) is 58.2 Å². The Labute approximate surface area is 156 Å². The second kappa shape index (κ2) is 10.1. The second-order valence-corrected chi connectivity index (χ2v) is 6.58. The van der Waals surface area contributed by atoms with Crippen molar-refractivity contribution in [1.82, 2.24) is 5.32 Å². The van der Waals surface area contributed by atoms with Crippen molar-refractivity contribution in [2.24, 2.45) is 5.92 Å². The molecule has 0 unspecified atom stereocenters. The maximum absolute atomic E-state index is 10.5. The molecule has 120 valence electrons. The Morgan fingerprint density at radius 2 is 1.85 bits per heavy atom. The van der Waals surface area contributed by atoms with Gasteiger partial charge in [-0.1, -0.05) is 58.7 Å². The number of nitrogens with one attached hydrogen (secondary N) is 1. The summed E-state index contributed by atoms with van der Waals surface area (Å²) >= 11 is 0. The fraction of sp³-hybridized carbons (Fsp3) is 0.938. The van der Waals surface area contributed by atoms with Crippen LogP contribution < -0.4 is 5.32 Å². The summed E-state index contributed by atoms with van der Waals surface area (Å²) in [7, 11) is 0. The summed E-state index contributed by atoms with van der Waals surface area (Å²) in [6.07, 6.45) is 10.7. The fourth-order valence-electron chi connectivity index (χ4n) is 3.35. The van der Waals surface area contributed by atoms with Crippen molar-refractivity contribution in [1.29, 1.82) is 0 Å². The van der Waals surface area contributed by atoms with Crippen molar-refractivity contribution in [2.75, 3.05) is 6.61 Å². The molecule has 1 heterocycles. The van der Waals surface area contributed by atoms with Crippen LogP contribution in [0.3, 0.4) is 0 Å². The van der Waals surface area contributed by atoms with Crippen LogP contribution in [0, 0.1) is 52.3 Å². The van der Waals surface area contributed by atoms with Crippen LogP contribution in [0.2, 0.25) is 0 Å². The minimum Gasteiger partial charge on any atom is -0.441 e. The van der Waals surface area contributed by atoms with Crippen molar-refractivity contribution in [3.8, 4) is 0 Å². The molecule has 0 spiro atoms. The number of hydrogen-bond donors (Lipinski definition) is 2. The maximum Gasteiger partial charge on any atom is 0.0692 e. The molecule has 2 N–H and O–H groups in total. The van der Waals surface area contributed by atoms with Crippen molar-refractivity contribution in [3.63, 3.8) is 0 Å². The molecule has 2 aliphatic rings. The van der Waals surface area contributed by atoms with Crippen LogP contribution in [-0.4, -0.2) is 36.0 Å². The molecule has 0 bridgehead atoms. The third kappa shape index (κ3) is 6.54. The van der Waals surface area contributed by atoms with Crippen LogP contribution in [0.15, 0.2) is 0 Å². The van der Waals surface area contributed by atoms with Crippen LogP contribution in [0.5, 0.6) is 0 Å². The average molecular weight is 426 g/mol. The first-order chi connectivity index (χ1) is 9.15. The smallest absolute Gasteiger partial charge is 0.0692 e. The standard InChI is InChI=1S/C16H30NO2.Gd/c1-12(2)17-15(10-13-6-4-3-5-7-13)16(18)11-14-8-9-19-14;/h8,12-18H,3-7,9-11H2,1-2H3;/q-1;/t14-,15-,16-;/m0./s1. The Morgan fingerprint density at radius 1 is 1.20 bits per heavy atom. The predicted octanol–water partition coefficient (Wildman–Crippen LogP) is 2.68. The van der Waals surface area contributed by atoms with Gasteiger partial charge < -0.3 is 15.2 Å². The third-order valence-corrected chi connectivity index (χ3v) is 4.47. The Hall–Kier alpha value is 1.20. The quantitative estimate of drug-likeness (QED) is 0.616. The summed E-state index contributed by atoms with van der Waals surface area (Å²) in [5.41, 5.74) is 0. The Balaban J connectivity index is 0.00000200. The fourth-order valence-corrected chi connectivity index (χ4v) is 3.35. The van der Waals surface area contributed by atoms with Gasteiger partial charge in [0.05, 0.1) is 6.10 Å². The SMILES string of the molecule is CC(C)N[C@@H](CC1CCCCC1)[C@@H](O)C[C@@H]1[CH-]CO1.[Gd]. The molecule has 3 nitrogen and oxygen atoms in total. The predicted molar refractivity (Wildman–Crippen MR) is 77.9 cm³/mol. The van der Waals surface area contributed by atoms with Crippen LogP contribution >= 0.6 is 0 Å². The van der Waals surface area contributed by atoms with Crippen molar-refractivity contribution >= 4 is 0 Å². The monoisotopic (exact) mass is 426 g/mol. The molecule has 20 heavy (non-hydrogen) atoms. The Morgan fingerprint density at radius 3 is 2.35 bits per heavy atom. The molecule has 0 amide bonds. The van der Waals surface area contributed by atoms with Crippen LogP contribution in [0.25, 0.3) is 0 Å². The van der Waals surface area contributed by atoms with E-state index >= 15 is 0 Å². The Bertz CT molecular complexity index is 253. The van der Waals surface area contributed by atoms with E-state index in [1.165, 1.54) is 32.1 Å². The maximum atomic E-state index is 10.5. The normalized spacial score (nSPS) is 26.7. The summed E-state index contributed by atoms with van der Waals surface area (Å²) in [5, 5.41) is 14.0. The van der Waals surface area contributed by atoms with Gasteiger partial charge in [0.15, 0.2) is 0 Å². The molecule has 2 fully saturated rings. The van der Waals surface area contributed by atoms with Gasteiger partial charge in [-0.15, -0.1) is 0 Å². The van der Waals surface area contributed by atoms with E-state index in [1.807, 2.05) is 0 Å². The van der Waals surface area contributed by atoms with Gasteiger partial charge in [-0.05, 0) is 18.8 Å². The first-order valence-electron chi connectivity index (χ1n) is 8.04. The van der Waals surface area contributed by atoms with E-state index < -0.39 is 0 Å².